The highest BCUT2D eigenvalue weighted by Gasteiger charge is 2.14. The Balaban J connectivity index is 1.20. The molecule has 0 saturated heterocycles. The van der Waals surface area contributed by atoms with Crippen molar-refractivity contribution >= 4 is 25.1 Å². The second-order valence-electron chi connectivity index (χ2n) is 8.73. The van der Waals surface area contributed by atoms with Gasteiger partial charge in [-0.25, -0.2) is 15.0 Å². The summed E-state index contributed by atoms with van der Waals surface area (Å²) in [4.78, 5) is 28.8. The lowest BCUT2D eigenvalue weighted by Gasteiger charge is -2.15. The molecule has 0 fully saturated rings. The van der Waals surface area contributed by atoms with Gasteiger partial charge >= 0.3 is 8.17 Å². The van der Waals surface area contributed by atoms with E-state index in [4.69, 9.17) is 19.7 Å². The van der Waals surface area contributed by atoms with Gasteiger partial charge in [-0.05, 0) is 37.5 Å². The number of rotatable bonds is 14. The molecule has 3 N–H and O–H groups in total. The van der Waals surface area contributed by atoms with Gasteiger partial charge in [-0.3, -0.25) is 4.52 Å². The highest BCUT2D eigenvalue weighted by atomic mass is 31.1. The lowest BCUT2D eigenvalue weighted by molar-refractivity contribution is -0.169. The largest absolute Gasteiger partial charge is 0.574 e. The van der Waals surface area contributed by atoms with Crippen molar-refractivity contribution in [3.05, 3.63) is 77.9 Å². The molecule has 0 amide bonds. The molecule has 0 spiro atoms. The van der Waals surface area contributed by atoms with Gasteiger partial charge in [0.15, 0.2) is 17.2 Å². The second kappa shape index (κ2) is 13.9. The van der Waals surface area contributed by atoms with Crippen LogP contribution in [0.15, 0.2) is 66.0 Å². The first-order chi connectivity index (χ1) is 18.5. The van der Waals surface area contributed by atoms with Gasteiger partial charge in [0.25, 0.3) is 0 Å². The van der Waals surface area contributed by atoms with E-state index in [9.17, 15) is 4.89 Å². The van der Waals surface area contributed by atoms with Gasteiger partial charge in [0, 0.05) is 23.6 Å². The Kier molecular flexibility index (Phi) is 10.1. The summed E-state index contributed by atoms with van der Waals surface area (Å²) >= 11 is 0. The summed E-state index contributed by atoms with van der Waals surface area (Å²) in [6, 6.07) is 15.4. The maximum Gasteiger partial charge on any atom is 0.412 e. The number of aromatic nitrogens is 4. The number of nitrogen functional groups attached to an aromatic ring is 1. The standard InChI is InChI=1S/C26H32N7O4P/c1-19-8-3-4-9-21(19)15-35-13-7-12-31-32-38(34)37-23-11-6-5-10-22(23)16-36-20(2)14-33-18-30-24-25(27)28-17-29-26(24)33/h3-6,8-11,17-18,20,31H,7,12-16H2,1-2H3,(H2,27,28,29)/t20-/m1/s1. The normalized spacial score (nSPS) is 12.7. The van der Waals surface area contributed by atoms with E-state index in [0.717, 1.165) is 12.0 Å². The summed E-state index contributed by atoms with van der Waals surface area (Å²) < 4.78 is 19.2. The molecule has 4 rings (SSSR count). The third-order valence-electron chi connectivity index (χ3n) is 5.80. The highest BCUT2D eigenvalue weighted by Crippen LogP contribution is 2.27. The van der Waals surface area contributed by atoms with Crippen LogP contribution < -0.4 is 20.6 Å². The van der Waals surface area contributed by atoms with E-state index < -0.39 is 8.17 Å². The first-order valence-corrected chi connectivity index (χ1v) is 13.5. The number of ether oxygens (including phenoxy) is 2. The maximum absolute atomic E-state index is 12.4. The fourth-order valence-electron chi connectivity index (χ4n) is 3.73. The molecular formula is C26H32N7O4P. The van der Waals surface area contributed by atoms with E-state index in [1.54, 1.807) is 12.4 Å². The van der Waals surface area contributed by atoms with Crippen molar-refractivity contribution in [3.63, 3.8) is 0 Å². The molecule has 200 valence electrons. The van der Waals surface area contributed by atoms with Crippen LogP contribution in [0.2, 0.25) is 0 Å². The summed E-state index contributed by atoms with van der Waals surface area (Å²) in [5, 5.41) is 0. The molecule has 0 aliphatic heterocycles. The van der Waals surface area contributed by atoms with Crippen LogP contribution in [-0.2, 0) is 29.2 Å². The number of para-hydroxylation sites is 1. The Morgan fingerprint density at radius 2 is 1.87 bits per heavy atom. The van der Waals surface area contributed by atoms with Gasteiger partial charge in [-0.15, -0.1) is 0 Å². The lowest BCUT2D eigenvalue weighted by Crippen LogP contribution is -2.16. The van der Waals surface area contributed by atoms with Gasteiger partial charge in [0.1, 0.15) is 11.8 Å². The number of aryl methyl sites for hydroxylation is 1. The van der Waals surface area contributed by atoms with Crippen molar-refractivity contribution in [2.75, 3.05) is 18.9 Å². The van der Waals surface area contributed by atoms with Crippen LogP contribution in [0.25, 0.3) is 11.2 Å². The predicted octanol–water partition coefficient (Wildman–Crippen LogP) is 3.67. The number of benzene rings is 2. The topological polar surface area (TPSA) is 145 Å². The molecule has 11 nitrogen and oxygen atoms in total. The van der Waals surface area contributed by atoms with Gasteiger partial charge in [0.05, 0.1) is 32.2 Å². The van der Waals surface area contributed by atoms with E-state index in [2.05, 4.69) is 44.3 Å². The summed E-state index contributed by atoms with van der Waals surface area (Å²) in [6.45, 7) is 6.48. The van der Waals surface area contributed by atoms with E-state index in [-0.39, 0.29) is 12.7 Å². The number of fused-ring (bicyclic) bond motifs is 1. The summed E-state index contributed by atoms with van der Waals surface area (Å²) in [7, 11) is -2.29. The van der Waals surface area contributed by atoms with Crippen molar-refractivity contribution in [2.24, 2.45) is 4.85 Å². The number of hydrogen-bond donors (Lipinski definition) is 2. The monoisotopic (exact) mass is 537 g/mol. The van der Waals surface area contributed by atoms with Crippen LogP contribution in [0, 0.1) is 6.92 Å². The highest BCUT2D eigenvalue weighted by molar-refractivity contribution is 7.33. The molecule has 0 aliphatic rings. The zero-order chi connectivity index (χ0) is 26.7. The number of nitrogens with one attached hydrogen (secondary N) is 1. The van der Waals surface area contributed by atoms with E-state index >= 15 is 0 Å². The maximum atomic E-state index is 12.4. The number of nitrogens with two attached hydrogens (primary N) is 1. The minimum atomic E-state index is -2.29. The van der Waals surface area contributed by atoms with Gasteiger partial charge in [-0.1, -0.05) is 42.5 Å². The van der Waals surface area contributed by atoms with E-state index in [0.29, 0.717) is 49.0 Å². The molecule has 12 heteroatoms. The van der Waals surface area contributed by atoms with Crippen LogP contribution in [-0.4, -0.2) is 38.8 Å². The molecule has 0 bridgehead atoms. The van der Waals surface area contributed by atoms with Gasteiger partial charge in [-0.2, -0.15) is 5.43 Å². The summed E-state index contributed by atoms with van der Waals surface area (Å²) in [5.41, 5.74) is 13.0. The first-order valence-electron chi connectivity index (χ1n) is 12.3. The quantitative estimate of drug-likeness (QED) is 0.140. The molecule has 2 heterocycles. The first kappa shape index (κ1) is 27.6. The molecule has 0 aliphatic carbocycles. The fourth-order valence-corrected chi connectivity index (χ4v) is 4.33. The summed E-state index contributed by atoms with van der Waals surface area (Å²) in [5.74, 6) is 0.801. The summed E-state index contributed by atoms with van der Waals surface area (Å²) in [6.07, 6.45) is 3.65. The van der Waals surface area contributed by atoms with Crippen LogP contribution in [0.5, 0.6) is 5.75 Å². The van der Waals surface area contributed by atoms with Crippen molar-refractivity contribution in [1.82, 2.24) is 24.9 Å². The average molecular weight is 538 g/mol. The SMILES string of the molecule is Cc1ccccc1COCCCN/N=[P+](\[O-])Oc1ccccc1CO[C@H](C)Cn1cnc2c(N)ncnc21. The molecule has 0 saturated carbocycles. The van der Waals surface area contributed by atoms with Crippen LogP contribution >= 0.6 is 8.17 Å². The zero-order valence-corrected chi connectivity index (χ0v) is 22.4. The van der Waals surface area contributed by atoms with Crippen LogP contribution in [0.4, 0.5) is 5.82 Å². The van der Waals surface area contributed by atoms with Crippen molar-refractivity contribution in [3.8, 4) is 5.75 Å². The fraction of sp³-hybridized carbons (Fsp3) is 0.346. The predicted molar refractivity (Wildman–Crippen MR) is 144 cm³/mol. The molecule has 2 atom stereocenters. The van der Waals surface area contributed by atoms with Crippen molar-refractivity contribution < 1.29 is 18.9 Å². The van der Waals surface area contributed by atoms with Crippen molar-refractivity contribution in [1.29, 1.82) is 0 Å². The molecule has 2 aromatic carbocycles. The van der Waals surface area contributed by atoms with Gasteiger partial charge < -0.3 is 24.7 Å². The van der Waals surface area contributed by atoms with Crippen LogP contribution in [0.1, 0.15) is 30.0 Å². The van der Waals surface area contributed by atoms with E-state index in [1.165, 1.54) is 17.5 Å². The molecule has 38 heavy (non-hydrogen) atoms. The average Bonchev–Trinajstić information content (AvgIpc) is 3.32. The molecule has 4 aromatic rings. The van der Waals surface area contributed by atoms with Gasteiger partial charge in [0.2, 0.25) is 0 Å². The Morgan fingerprint density at radius 1 is 1.08 bits per heavy atom. The number of nitrogens with zero attached hydrogens (tertiary/aromatic N) is 5. The number of anilines is 1. The molecule has 1 unspecified atom stereocenters. The Morgan fingerprint density at radius 3 is 2.71 bits per heavy atom. The second-order valence-corrected chi connectivity index (χ2v) is 9.59. The zero-order valence-electron chi connectivity index (χ0n) is 21.5. The smallest absolute Gasteiger partial charge is 0.412 e. The minimum Gasteiger partial charge on any atom is -0.574 e. The lowest BCUT2D eigenvalue weighted by atomic mass is 10.1. The molecule has 2 aromatic heterocycles. The third kappa shape index (κ3) is 7.77. The Labute approximate surface area is 222 Å². The van der Waals surface area contributed by atoms with E-state index in [1.807, 2.05) is 41.8 Å². The third-order valence-corrected chi connectivity index (χ3v) is 6.46. The Hall–Kier alpha value is -3.47. The van der Waals surface area contributed by atoms with Crippen molar-refractivity contribution in [2.45, 2.75) is 46.1 Å². The van der Waals surface area contributed by atoms with Crippen LogP contribution in [0.3, 0.4) is 0 Å². The number of hydrogen-bond acceptors (Lipinski definition) is 9. The molecular weight excluding hydrogens is 505 g/mol. The molecule has 0 radical (unpaired) electrons. The minimum absolute atomic E-state index is 0.162. The Bertz CT molecular complexity index is 1360. The number of imidazole rings is 1.